The van der Waals surface area contributed by atoms with Gasteiger partial charge in [0.1, 0.15) is 0 Å². The van der Waals surface area contributed by atoms with Crippen molar-refractivity contribution in [3.8, 4) is 5.69 Å². The number of hydrogen-bond donors (Lipinski definition) is 1. The highest BCUT2D eigenvalue weighted by Crippen LogP contribution is 2.24. The third-order valence-electron chi connectivity index (χ3n) is 4.35. The minimum atomic E-state index is 0.0895. The lowest BCUT2D eigenvalue weighted by atomic mass is 10.1. The van der Waals surface area contributed by atoms with Crippen LogP contribution in [0.3, 0.4) is 0 Å². The number of carbonyl (C=O) groups excluding carboxylic acids is 1. The van der Waals surface area contributed by atoms with Crippen LogP contribution in [0.2, 0.25) is 0 Å². The van der Waals surface area contributed by atoms with Crippen molar-refractivity contribution in [1.82, 2.24) is 14.7 Å². The van der Waals surface area contributed by atoms with Crippen molar-refractivity contribution in [2.24, 2.45) is 11.7 Å². The van der Waals surface area contributed by atoms with Crippen LogP contribution in [0.1, 0.15) is 29.3 Å². The van der Waals surface area contributed by atoms with Crippen molar-refractivity contribution in [3.63, 3.8) is 0 Å². The van der Waals surface area contributed by atoms with Gasteiger partial charge >= 0.3 is 0 Å². The molecular formula is C17H22N4O. The van der Waals surface area contributed by atoms with E-state index >= 15 is 0 Å². The zero-order valence-corrected chi connectivity index (χ0v) is 13.1. The topological polar surface area (TPSA) is 64.2 Å². The molecule has 1 aliphatic heterocycles. The third-order valence-corrected chi connectivity index (χ3v) is 4.35. The Morgan fingerprint density at radius 1 is 1.36 bits per heavy atom. The third kappa shape index (κ3) is 2.76. The van der Waals surface area contributed by atoms with Gasteiger partial charge in [0.2, 0.25) is 0 Å². The quantitative estimate of drug-likeness (QED) is 0.942. The van der Waals surface area contributed by atoms with E-state index in [4.69, 9.17) is 5.73 Å². The summed E-state index contributed by atoms with van der Waals surface area (Å²) in [5.41, 5.74) is 8.52. The minimum absolute atomic E-state index is 0.0895. The van der Waals surface area contributed by atoms with Crippen LogP contribution in [0.4, 0.5) is 0 Å². The van der Waals surface area contributed by atoms with Crippen molar-refractivity contribution in [1.29, 1.82) is 0 Å². The molecule has 3 rings (SSSR count). The molecule has 0 radical (unpaired) electrons. The molecule has 2 unspecified atom stereocenters. The van der Waals surface area contributed by atoms with E-state index in [0.717, 1.165) is 29.8 Å². The SMILES string of the molecule is Cc1cnn(-c2ccc(C(=O)N3CC(CN)CC3C)cc2)c1. The number of benzene rings is 1. The monoisotopic (exact) mass is 298 g/mol. The molecule has 0 bridgehead atoms. The fourth-order valence-electron chi connectivity index (χ4n) is 3.07. The van der Waals surface area contributed by atoms with E-state index in [0.29, 0.717) is 12.5 Å². The van der Waals surface area contributed by atoms with Crippen molar-refractivity contribution in [2.75, 3.05) is 13.1 Å². The van der Waals surface area contributed by atoms with E-state index in [9.17, 15) is 4.79 Å². The van der Waals surface area contributed by atoms with Crippen molar-refractivity contribution >= 4 is 5.91 Å². The van der Waals surface area contributed by atoms with Crippen LogP contribution in [0.15, 0.2) is 36.7 Å². The van der Waals surface area contributed by atoms with Crippen LogP contribution in [-0.4, -0.2) is 39.7 Å². The van der Waals surface area contributed by atoms with Crippen molar-refractivity contribution in [3.05, 3.63) is 47.8 Å². The molecule has 1 aromatic carbocycles. The summed E-state index contributed by atoms with van der Waals surface area (Å²) in [5, 5.41) is 4.28. The van der Waals surface area contributed by atoms with Gasteiger partial charge in [-0.1, -0.05) is 0 Å². The van der Waals surface area contributed by atoms with Gasteiger partial charge in [-0.15, -0.1) is 0 Å². The van der Waals surface area contributed by atoms with E-state index in [-0.39, 0.29) is 11.9 Å². The fraction of sp³-hybridized carbons (Fsp3) is 0.412. The molecule has 22 heavy (non-hydrogen) atoms. The largest absolute Gasteiger partial charge is 0.336 e. The highest BCUT2D eigenvalue weighted by Gasteiger charge is 2.31. The van der Waals surface area contributed by atoms with E-state index in [2.05, 4.69) is 12.0 Å². The van der Waals surface area contributed by atoms with E-state index in [1.807, 2.05) is 53.2 Å². The molecule has 0 saturated carbocycles. The first kappa shape index (κ1) is 14.8. The van der Waals surface area contributed by atoms with Gasteiger partial charge in [-0.3, -0.25) is 4.79 Å². The molecule has 2 aromatic rings. The second-order valence-corrected chi connectivity index (χ2v) is 6.15. The number of aromatic nitrogens is 2. The molecule has 2 heterocycles. The van der Waals surface area contributed by atoms with E-state index < -0.39 is 0 Å². The first-order valence-corrected chi connectivity index (χ1v) is 7.71. The fourth-order valence-corrected chi connectivity index (χ4v) is 3.07. The first-order valence-electron chi connectivity index (χ1n) is 7.71. The Hall–Kier alpha value is -2.14. The number of amides is 1. The highest BCUT2D eigenvalue weighted by atomic mass is 16.2. The zero-order valence-electron chi connectivity index (χ0n) is 13.1. The lowest BCUT2D eigenvalue weighted by Crippen LogP contribution is -2.34. The average molecular weight is 298 g/mol. The number of likely N-dealkylation sites (tertiary alicyclic amines) is 1. The Balaban J connectivity index is 1.76. The summed E-state index contributed by atoms with van der Waals surface area (Å²) >= 11 is 0. The van der Waals surface area contributed by atoms with Crippen LogP contribution >= 0.6 is 0 Å². The van der Waals surface area contributed by atoms with E-state index in [1.54, 1.807) is 0 Å². The van der Waals surface area contributed by atoms with Gasteiger partial charge in [0.05, 0.1) is 11.9 Å². The van der Waals surface area contributed by atoms with Gasteiger partial charge < -0.3 is 10.6 Å². The molecule has 1 saturated heterocycles. The second-order valence-electron chi connectivity index (χ2n) is 6.15. The van der Waals surface area contributed by atoms with Gasteiger partial charge in [0, 0.05) is 24.3 Å². The van der Waals surface area contributed by atoms with Crippen LogP contribution in [0, 0.1) is 12.8 Å². The Kier molecular flexibility index (Phi) is 3.98. The Morgan fingerprint density at radius 3 is 2.64 bits per heavy atom. The second kappa shape index (κ2) is 5.93. The molecular weight excluding hydrogens is 276 g/mol. The summed E-state index contributed by atoms with van der Waals surface area (Å²) in [5.74, 6) is 0.511. The van der Waals surface area contributed by atoms with Crippen molar-refractivity contribution in [2.45, 2.75) is 26.3 Å². The maximum atomic E-state index is 12.6. The van der Waals surface area contributed by atoms with Crippen LogP contribution in [0.5, 0.6) is 0 Å². The minimum Gasteiger partial charge on any atom is -0.336 e. The van der Waals surface area contributed by atoms with Gasteiger partial charge in [0.15, 0.2) is 0 Å². The predicted molar refractivity (Wildman–Crippen MR) is 86.0 cm³/mol. The van der Waals surface area contributed by atoms with Crippen LogP contribution in [0.25, 0.3) is 5.69 Å². The smallest absolute Gasteiger partial charge is 0.254 e. The molecule has 1 aromatic heterocycles. The first-order chi connectivity index (χ1) is 10.6. The van der Waals surface area contributed by atoms with Gasteiger partial charge in [-0.2, -0.15) is 5.10 Å². The van der Waals surface area contributed by atoms with Gasteiger partial charge in [-0.05, 0) is 62.6 Å². The molecule has 5 heteroatoms. The Labute approximate surface area is 130 Å². The average Bonchev–Trinajstić information content (AvgIpc) is 3.12. The number of nitrogens with zero attached hydrogens (tertiary/aromatic N) is 3. The number of carbonyl (C=O) groups is 1. The van der Waals surface area contributed by atoms with Gasteiger partial charge in [-0.25, -0.2) is 4.68 Å². The zero-order chi connectivity index (χ0) is 15.7. The normalized spacial score (nSPS) is 21.3. The maximum Gasteiger partial charge on any atom is 0.254 e. The Bertz CT molecular complexity index is 662. The van der Waals surface area contributed by atoms with E-state index in [1.165, 1.54) is 0 Å². The van der Waals surface area contributed by atoms with Crippen LogP contribution < -0.4 is 5.73 Å². The lowest BCUT2D eigenvalue weighted by Gasteiger charge is -2.21. The standard InChI is InChI=1S/C17H22N4O/c1-12-9-19-21(10-12)16-5-3-15(4-6-16)17(22)20-11-14(8-18)7-13(20)2/h3-6,9-10,13-14H,7-8,11,18H2,1-2H3. The molecule has 5 nitrogen and oxygen atoms in total. The Morgan fingerprint density at radius 2 is 2.09 bits per heavy atom. The molecule has 1 fully saturated rings. The molecule has 2 N–H and O–H groups in total. The number of aryl methyl sites for hydroxylation is 1. The van der Waals surface area contributed by atoms with Crippen molar-refractivity contribution < 1.29 is 4.79 Å². The van der Waals surface area contributed by atoms with Gasteiger partial charge in [0.25, 0.3) is 5.91 Å². The summed E-state index contributed by atoms with van der Waals surface area (Å²) in [6.45, 7) is 5.50. The van der Waals surface area contributed by atoms with Crippen LogP contribution in [-0.2, 0) is 0 Å². The number of nitrogens with two attached hydrogens (primary N) is 1. The summed E-state index contributed by atoms with van der Waals surface area (Å²) in [6, 6.07) is 7.87. The predicted octanol–water partition coefficient (Wildman–Crippen LogP) is 1.99. The maximum absolute atomic E-state index is 12.6. The number of rotatable bonds is 3. The molecule has 116 valence electrons. The molecule has 2 atom stereocenters. The number of hydrogen-bond acceptors (Lipinski definition) is 3. The molecule has 1 aliphatic rings. The summed E-state index contributed by atoms with van der Waals surface area (Å²) < 4.78 is 1.81. The summed E-state index contributed by atoms with van der Waals surface area (Å²) in [6.07, 6.45) is 4.77. The molecule has 1 amide bonds. The molecule has 0 aliphatic carbocycles. The summed E-state index contributed by atoms with van der Waals surface area (Å²) in [7, 11) is 0. The molecule has 0 spiro atoms. The highest BCUT2D eigenvalue weighted by molar-refractivity contribution is 5.94. The summed E-state index contributed by atoms with van der Waals surface area (Å²) in [4.78, 5) is 14.6. The lowest BCUT2D eigenvalue weighted by molar-refractivity contribution is 0.0743.